The molecular weight excluding hydrogens is 298 g/mol. The van der Waals surface area contributed by atoms with Crippen molar-refractivity contribution in [3.05, 3.63) is 37.2 Å². The minimum Gasteiger partial charge on any atom is -0.506 e. The molecule has 2 heterocycles. The number of benzene rings is 1. The summed E-state index contributed by atoms with van der Waals surface area (Å²) in [5, 5.41) is 14.1. The number of aromatic hydroxyl groups is 1. The van der Waals surface area contributed by atoms with E-state index in [2.05, 4.69) is 16.5 Å². The molecule has 0 spiro atoms. The molecule has 9 heteroatoms. The zero-order valence-electron chi connectivity index (χ0n) is 10.7. The van der Waals surface area contributed by atoms with Crippen molar-refractivity contribution < 1.29 is 22.8 Å². The van der Waals surface area contributed by atoms with Gasteiger partial charge in [0.05, 0.1) is 5.39 Å². The summed E-state index contributed by atoms with van der Waals surface area (Å²) in [5.74, 6) is -0.0643. The van der Waals surface area contributed by atoms with Gasteiger partial charge in [-0.05, 0) is 11.2 Å². The first kappa shape index (κ1) is 13.3. The summed E-state index contributed by atoms with van der Waals surface area (Å²) in [5.41, 5.74) is 0.347. The monoisotopic (exact) mass is 309 g/mol. The fraction of sp³-hybridized carbons (Fsp3) is 0.0833. The van der Waals surface area contributed by atoms with Crippen LogP contribution < -0.4 is 13.8 Å². The average molecular weight is 309 g/mol. The Kier molecular flexibility index (Phi) is 2.98. The van der Waals surface area contributed by atoms with E-state index < -0.39 is 10.2 Å². The molecule has 110 valence electrons. The maximum absolute atomic E-state index is 11.8. The van der Waals surface area contributed by atoms with Gasteiger partial charge in [0.15, 0.2) is 5.58 Å². The molecule has 0 unspecified atom stereocenters. The zero-order valence-corrected chi connectivity index (χ0v) is 11.5. The summed E-state index contributed by atoms with van der Waals surface area (Å²) >= 11 is 0. The largest absolute Gasteiger partial charge is 0.506 e. The van der Waals surface area contributed by atoms with Crippen molar-refractivity contribution >= 4 is 26.9 Å². The molecule has 3 rings (SSSR count). The molecule has 1 aromatic carbocycles. The summed E-state index contributed by atoms with van der Waals surface area (Å²) < 4.78 is 37.0. The highest BCUT2D eigenvalue weighted by Crippen LogP contribution is 2.37. The van der Waals surface area contributed by atoms with Crippen LogP contribution in [0.3, 0.4) is 0 Å². The molecule has 21 heavy (non-hydrogen) atoms. The van der Waals surface area contributed by atoms with Crippen LogP contribution in [0.15, 0.2) is 41.7 Å². The standard InChI is InChI=1S/C12H11N3O5S/c1-2-5-19-12-8-6-9(10(16)7-11(8)20-14-12)15-4-3-13-21(15,17)18/h2-4,6-7,13,16H,1,5H2. The van der Waals surface area contributed by atoms with Gasteiger partial charge in [-0.15, -0.1) is 0 Å². The Bertz CT molecular complexity index is 840. The number of nitrogens with zero attached hydrogens (tertiary/aromatic N) is 2. The van der Waals surface area contributed by atoms with E-state index in [-0.39, 0.29) is 29.5 Å². The molecule has 0 radical (unpaired) electrons. The van der Waals surface area contributed by atoms with Crippen LogP contribution in [-0.4, -0.2) is 25.3 Å². The van der Waals surface area contributed by atoms with Gasteiger partial charge in [0, 0.05) is 18.5 Å². The van der Waals surface area contributed by atoms with Gasteiger partial charge in [0.2, 0.25) is 0 Å². The van der Waals surface area contributed by atoms with Gasteiger partial charge in [0.25, 0.3) is 5.88 Å². The van der Waals surface area contributed by atoms with Gasteiger partial charge >= 0.3 is 10.2 Å². The lowest BCUT2D eigenvalue weighted by atomic mass is 10.2. The molecule has 1 aliphatic rings. The summed E-state index contributed by atoms with van der Waals surface area (Å²) in [4.78, 5) is 0. The lowest BCUT2D eigenvalue weighted by Gasteiger charge is -2.15. The molecular formula is C12H11N3O5S. The van der Waals surface area contributed by atoms with E-state index in [0.717, 1.165) is 4.31 Å². The van der Waals surface area contributed by atoms with Crippen molar-refractivity contribution in [1.82, 2.24) is 9.88 Å². The van der Waals surface area contributed by atoms with Crippen LogP contribution >= 0.6 is 0 Å². The predicted molar refractivity (Wildman–Crippen MR) is 75.0 cm³/mol. The summed E-state index contributed by atoms with van der Waals surface area (Å²) in [6.45, 7) is 3.75. The summed E-state index contributed by atoms with van der Waals surface area (Å²) in [7, 11) is -3.74. The number of ether oxygens (including phenoxy) is 1. The second kappa shape index (κ2) is 4.70. The van der Waals surface area contributed by atoms with Crippen molar-refractivity contribution in [1.29, 1.82) is 0 Å². The van der Waals surface area contributed by atoms with Gasteiger partial charge in [-0.3, -0.25) is 4.72 Å². The van der Waals surface area contributed by atoms with E-state index in [4.69, 9.17) is 9.26 Å². The number of rotatable bonds is 4. The highest BCUT2D eigenvalue weighted by atomic mass is 32.2. The zero-order chi connectivity index (χ0) is 15.0. The Hall–Kier alpha value is -2.68. The second-order valence-corrected chi connectivity index (χ2v) is 5.74. The van der Waals surface area contributed by atoms with Crippen LogP contribution in [0.5, 0.6) is 11.6 Å². The molecule has 1 aliphatic heterocycles. The van der Waals surface area contributed by atoms with Crippen LogP contribution in [0.25, 0.3) is 11.0 Å². The molecule has 8 nitrogen and oxygen atoms in total. The van der Waals surface area contributed by atoms with E-state index >= 15 is 0 Å². The number of phenols is 1. The fourth-order valence-corrected chi connectivity index (χ4v) is 2.86. The van der Waals surface area contributed by atoms with E-state index in [0.29, 0.717) is 5.39 Å². The smallest absolute Gasteiger partial charge is 0.327 e. The highest BCUT2D eigenvalue weighted by Gasteiger charge is 2.27. The summed E-state index contributed by atoms with van der Waals surface area (Å²) in [6.07, 6.45) is 4.08. The van der Waals surface area contributed by atoms with E-state index in [1.807, 2.05) is 0 Å². The van der Waals surface area contributed by atoms with Crippen LogP contribution in [0, 0.1) is 0 Å². The molecule has 0 aliphatic carbocycles. The molecule has 0 fully saturated rings. The lowest BCUT2D eigenvalue weighted by Crippen LogP contribution is -2.28. The Morgan fingerprint density at radius 3 is 3.00 bits per heavy atom. The van der Waals surface area contributed by atoms with Crippen LogP contribution in [0.4, 0.5) is 5.69 Å². The number of nitrogens with one attached hydrogen (secondary N) is 1. The topological polar surface area (TPSA) is 105 Å². The van der Waals surface area contributed by atoms with Crippen molar-refractivity contribution in [2.45, 2.75) is 0 Å². The number of phenolic OH excluding ortho intramolecular Hbond substituents is 1. The number of hydrogen-bond acceptors (Lipinski definition) is 6. The maximum Gasteiger partial charge on any atom is 0.327 e. The van der Waals surface area contributed by atoms with Crippen molar-refractivity contribution in [2.75, 3.05) is 10.9 Å². The Morgan fingerprint density at radius 2 is 2.33 bits per heavy atom. The molecule has 2 N–H and O–H groups in total. The molecule has 0 saturated heterocycles. The number of aromatic nitrogens is 1. The third kappa shape index (κ3) is 2.17. The van der Waals surface area contributed by atoms with Crippen molar-refractivity contribution in [2.24, 2.45) is 0 Å². The number of hydrogen-bond donors (Lipinski definition) is 2. The van der Waals surface area contributed by atoms with Gasteiger partial charge in [-0.25, -0.2) is 4.31 Å². The Balaban J connectivity index is 2.13. The molecule has 2 aromatic rings. The summed E-state index contributed by atoms with van der Waals surface area (Å²) in [6, 6.07) is 2.70. The molecule has 0 saturated carbocycles. The highest BCUT2D eigenvalue weighted by molar-refractivity contribution is 7.91. The fourth-order valence-electron chi connectivity index (χ4n) is 1.89. The minimum atomic E-state index is -3.74. The Labute approximate surface area is 120 Å². The molecule has 0 atom stereocenters. The molecule has 0 bridgehead atoms. The quantitative estimate of drug-likeness (QED) is 0.823. The van der Waals surface area contributed by atoms with Gasteiger partial charge in [-0.2, -0.15) is 8.42 Å². The predicted octanol–water partition coefficient (Wildman–Crippen LogP) is 1.22. The van der Waals surface area contributed by atoms with E-state index in [1.165, 1.54) is 24.5 Å². The minimum absolute atomic E-state index is 0.0652. The van der Waals surface area contributed by atoms with Crippen LogP contribution in [0.2, 0.25) is 0 Å². The normalized spacial score (nSPS) is 16.1. The van der Waals surface area contributed by atoms with E-state index in [1.54, 1.807) is 6.08 Å². The van der Waals surface area contributed by atoms with Crippen LogP contribution in [0.1, 0.15) is 0 Å². The Morgan fingerprint density at radius 1 is 1.52 bits per heavy atom. The number of anilines is 1. The third-order valence-corrected chi connectivity index (χ3v) is 4.07. The third-order valence-electron chi connectivity index (χ3n) is 2.80. The van der Waals surface area contributed by atoms with Gasteiger partial charge < -0.3 is 14.4 Å². The first-order valence-corrected chi connectivity index (χ1v) is 7.31. The van der Waals surface area contributed by atoms with Gasteiger partial charge in [-0.1, -0.05) is 12.7 Å². The van der Waals surface area contributed by atoms with Gasteiger partial charge in [0.1, 0.15) is 18.0 Å². The first-order valence-electron chi connectivity index (χ1n) is 5.87. The van der Waals surface area contributed by atoms with E-state index in [9.17, 15) is 13.5 Å². The second-order valence-electron chi connectivity index (χ2n) is 4.16. The molecule has 0 amide bonds. The average Bonchev–Trinajstić information content (AvgIpc) is 2.98. The first-order chi connectivity index (χ1) is 10.0. The lowest BCUT2D eigenvalue weighted by molar-refractivity contribution is 0.317. The number of fused-ring (bicyclic) bond motifs is 1. The van der Waals surface area contributed by atoms with Crippen molar-refractivity contribution in [3.8, 4) is 11.6 Å². The van der Waals surface area contributed by atoms with Crippen molar-refractivity contribution in [3.63, 3.8) is 0 Å². The van der Waals surface area contributed by atoms with Crippen LogP contribution in [-0.2, 0) is 10.2 Å². The maximum atomic E-state index is 11.8. The SMILES string of the molecule is C=CCOc1noc2cc(O)c(N3C=CNS3(=O)=O)cc12. The molecule has 1 aromatic heterocycles.